The molecular weight excluding hydrogens is 293 g/mol. The van der Waals surface area contributed by atoms with Crippen molar-refractivity contribution >= 4 is 39.9 Å². The molecule has 0 bridgehead atoms. The third kappa shape index (κ3) is 5.38. The number of amides is 1. The van der Waals surface area contributed by atoms with E-state index in [4.69, 9.17) is 23.2 Å². The van der Waals surface area contributed by atoms with Gasteiger partial charge in [0.1, 0.15) is 5.75 Å². The van der Waals surface area contributed by atoms with Gasteiger partial charge in [-0.3, -0.25) is 9.00 Å². The highest BCUT2D eigenvalue weighted by molar-refractivity contribution is 7.84. The number of hydrogen-bond acceptors (Lipinski definition) is 2. The standard InChI is InChI=1S/C12H15Cl2NO2S/c1-2-5-15-12(16)8-18(17)7-9-3-4-10(13)6-11(9)14/h3-4,6H,2,5,7-8H2,1H3,(H,15,16)/t18-/m0/s1. The summed E-state index contributed by atoms with van der Waals surface area (Å²) in [6, 6.07) is 5.02. The largest absolute Gasteiger partial charge is 0.355 e. The number of carbonyl (C=O) groups excluding carboxylic acids is 1. The van der Waals surface area contributed by atoms with Crippen LogP contribution in [0.1, 0.15) is 18.9 Å². The van der Waals surface area contributed by atoms with Crippen LogP contribution in [0.5, 0.6) is 0 Å². The molecule has 1 aromatic carbocycles. The third-order valence-electron chi connectivity index (χ3n) is 2.20. The molecule has 100 valence electrons. The molecule has 3 nitrogen and oxygen atoms in total. The molecule has 0 aliphatic heterocycles. The van der Waals surface area contributed by atoms with Gasteiger partial charge in [0.2, 0.25) is 5.91 Å². The summed E-state index contributed by atoms with van der Waals surface area (Å²) in [7, 11) is -1.26. The molecule has 18 heavy (non-hydrogen) atoms. The molecule has 0 fully saturated rings. The molecule has 6 heteroatoms. The van der Waals surface area contributed by atoms with Crippen LogP contribution >= 0.6 is 23.2 Å². The van der Waals surface area contributed by atoms with E-state index in [0.29, 0.717) is 16.6 Å². The molecule has 0 aromatic heterocycles. The van der Waals surface area contributed by atoms with Gasteiger partial charge < -0.3 is 5.32 Å². The van der Waals surface area contributed by atoms with Gasteiger partial charge in [-0.15, -0.1) is 0 Å². The summed E-state index contributed by atoms with van der Waals surface area (Å²) in [5.74, 6) is 0.0642. The second kappa shape index (κ2) is 7.77. The average molecular weight is 308 g/mol. The van der Waals surface area contributed by atoms with E-state index in [9.17, 15) is 9.00 Å². The first kappa shape index (κ1) is 15.5. The summed E-state index contributed by atoms with van der Waals surface area (Å²) in [5.41, 5.74) is 0.739. The van der Waals surface area contributed by atoms with E-state index in [1.807, 2.05) is 6.92 Å². The van der Waals surface area contributed by atoms with Crippen LogP contribution in [0.2, 0.25) is 10.0 Å². The van der Waals surface area contributed by atoms with Crippen molar-refractivity contribution in [3.05, 3.63) is 33.8 Å². The lowest BCUT2D eigenvalue weighted by Gasteiger charge is -2.06. The number of halogens is 2. The molecule has 1 rings (SSSR count). The zero-order valence-electron chi connectivity index (χ0n) is 10.0. The number of carbonyl (C=O) groups is 1. The SMILES string of the molecule is CCCNC(=O)C[S@@](=O)Cc1ccc(Cl)cc1Cl. The molecule has 0 saturated carbocycles. The van der Waals surface area contributed by atoms with Gasteiger partial charge in [0, 0.05) is 27.4 Å². The Labute approximate surface area is 119 Å². The summed E-state index contributed by atoms with van der Waals surface area (Å²) < 4.78 is 11.8. The van der Waals surface area contributed by atoms with E-state index >= 15 is 0 Å². The first-order valence-corrected chi connectivity index (χ1v) is 7.83. The summed E-state index contributed by atoms with van der Waals surface area (Å²) >= 11 is 11.7. The normalized spacial score (nSPS) is 12.2. The molecule has 1 amide bonds. The lowest BCUT2D eigenvalue weighted by Crippen LogP contribution is -2.29. The van der Waals surface area contributed by atoms with E-state index in [0.717, 1.165) is 12.0 Å². The molecule has 1 N–H and O–H groups in total. The van der Waals surface area contributed by atoms with E-state index in [1.54, 1.807) is 18.2 Å². The van der Waals surface area contributed by atoms with Gasteiger partial charge in [-0.1, -0.05) is 36.2 Å². The Hall–Kier alpha value is -0.580. The van der Waals surface area contributed by atoms with Crippen molar-refractivity contribution in [2.75, 3.05) is 12.3 Å². The Balaban J connectivity index is 2.51. The van der Waals surface area contributed by atoms with Gasteiger partial charge in [0.05, 0.1) is 5.75 Å². The van der Waals surface area contributed by atoms with Crippen LogP contribution in [0.15, 0.2) is 18.2 Å². The van der Waals surface area contributed by atoms with E-state index in [-0.39, 0.29) is 17.4 Å². The molecule has 0 aliphatic carbocycles. The predicted octanol–water partition coefficient (Wildman–Crippen LogP) is 2.77. The van der Waals surface area contributed by atoms with Crippen LogP contribution in [0.25, 0.3) is 0 Å². The zero-order chi connectivity index (χ0) is 13.5. The Bertz CT molecular complexity index is 452. The first-order chi connectivity index (χ1) is 8.52. The van der Waals surface area contributed by atoms with Crippen molar-refractivity contribution in [1.82, 2.24) is 5.32 Å². The smallest absolute Gasteiger partial charge is 0.232 e. The zero-order valence-corrected chi connectivity index (χ0v) is 12.4. The monoisotopic (exact) mass is 307 g/mol. The number of nitrogens with one attached hydrogen (secondary N) is 1. The maximum atomic E-state index is 11.8. The molecule has 0 aliphatic rings. The minimum Gasteiger partial charge on any atom is -0.355 e. The van der Waals surface area contributed by atoms with Gasteiger partial charge in [-0.2, -0.15) is 0 Å². The predicted molar refractivity (Wildman–Crippen MR) is 76.5 cm³/mol. The average Bonchev–Trinajstić information content (AvgIpc) is 2.30. The summed E-state index contributed by atoms with van der Waals surface area (Å²) in [6.45, 7) is 2.57. The fraction of sp³-hybridized carbons (Fsp3) is 0.417. The van der Waals surface area contributed by atoms with Gasteiger partial charge in [0.25, 0.3) is 0 Å². The highest BCUT2D eigenvalue weighted by atomic mass is 35.5. The molecule has 0 unspecified atom stereocenters. The lowest BCUT2D eigenvalue weighted by atomic mass is 10.2. The first-order valence-electron chi connectivity index (χ1n) is 5.58. The van der Waals surface area contributed by atoms with Crippen LogP contribution < -0.4 is 5.32 Å². The van der Waals surface area contributed by atoms with E-state index in [1.165, 1.54) is 0 Å². The molecule has 0 heterocycles. The van der Waals surface area contributed by atoms with Crippen molar-refractivity contribution < 1.29 is 9.00 Å². The van der Waals surface area contributed by atoms with Gasteiger partial charge in [-0.05, 0) is 24.1 Å². The van der Waals surface area contributed by atoms with Crippen LogP contribution in [0.4, 0.5) is 0 Å². The molecule has 0 saturated heterocycles. The number of benzene rings is 1. The summed E-state index contributed by atoms with van der Waals surface area (Å²) in [4.78, 5) is 11.4. The Morgan fingerprint density at radius 2 is 2.11 bits per heavy atom. The van der Waals surface area contributed by atoms with Gasteiger partial charge in [-0.25, -0.2) is 0 Å². The maximum Gasteiger partial charge on any atom is 0.232 e. The van der Waals surface area contributed by atoms with Gasteiger partial charge in [0.15, 0.2) is 0 Å². The highest BCUT2D eigenvalue weighted by Gasteiger charge is 2.10. The lowest BCUT2D eigenvalue weighted by molar-refractivity contribution is -0.118. The Kier molecular flexibility index (Phi) is 6.68. The molecule has 1 aromatic rings. The van der Waals surface area contributed by atoms with Crippen molar-refractivity contribution in [2.45, 2.75) is 19.1 Å². The van der Waals surface area contributed by atoms with Gasteiger partial charge >= 0.3 is 0 Å². The third-order valence-corrected chi connectivity index (χ3v) is 4.00. The van der Waals surface area contributed by atoms with Crippen molar-refractivity contribution in [3.63, 3.8) is 0 Å². The summed E-state index contributed by atoms with van der Waals surface area (Å²) in [6.07, 6.45) is 0.862. The van der Waals surface area contributed by atoms with Crippen molar-refractivity contribution in [2.24, 2.45) is 0 Å². The van der Waals surface area contributed by atoms with E-state index in [2.05, 4.69) is 5.32 Å². The van der Waals surface area contributed by atoms with Crippen LogP contribution in [-0.2, 0) is 21.3 Å². The minimum absolute atomic E-state index is 0.00104. The molecule has 0 spiro atoms. The Morgan fingerprint density at radius 1 is 1.39 bits per heavy atom. The highest BCUT2D eigenvalue weighted by Crippen LogP contribution is 2.22. The molecule has 1 atom stereocenters. The molecular formula is C12H15Cl2NO2S. The molecule has 0 radical (unpaired) electrons. The van der Waals surface area contributed by atoms with Crippen molar-refractivity contribution in [1.29, 1.82) is 0 Å². The fourth-order valence-electron chi connectivity index (χ4n) is 1.32. The van der Waals surface area contributed by atoms with Crippen LogP contribution in [0, 0.1) is 0 Å². The van der Waals surface area contributed by atoms with E-state index < -0.39 is 10.8 Å². The maximum absolute atomic E-state index is 11.8. The van der Waals surface area contributed by atoms with Crippen LogP contribution in [0.3, 0.4) is 0 Å². The topological polar surface area (TPSA) is 46.2 Å². The minimum atomic E-state index is -1.26. The fourth-order valence-corrected chi connectivity index (χ4v) is 2.97. The Morgan fingerprint density at radius 3 is 2.72 bits per heavy atom. The number of hydrogen-bond donors (Lipinski definition) is 1. The second-order valence-electron chi connectivity index (χ2n) is 3.81. The second-order valence-corrected chi connectivity index (χ2v) is 6.11. The van der Waals surface area contributed by atoms with Crippen LogP contribution in [-0.4, -0.2) is 22.4 Å². The summed E-state index contributed by atoms with van der Waals surface area (Å²) in [5, 5.41) is 3.70. The van der Waals surface area contributed by atoms with Crippen molar-refractivity contribution in [3.8, 4) is 0 Å². The quantitative estimate of drug-likeness (QED) is 0.878. The number of rotatable bonds is 6.